The van der Waals surface area contributed by atoms with Crippen LogP contribution in [0.1, 0.15) is 43.0 Å². The smallest absolute Gasteiger partial charge is 0.239 e. The number of hydrogen-bond acceptors (Lipinski definition) is 4. The molecule has 0 aromatic heterocycles. The van der Waals surface area contributed by atoms with Crippen molar-refractivity contribution in [3.8, 4) is 0 Å². The molecule has 1 aromatic rings. The van der Waals surface area contributed by atoms with E-state index in [0.29, 0.717) is 11.3 Å². The van der Waals surface area contributed by atoms with Gasteiger partial charge in [-0.15, -0.1) is 0 Å². The molecule has 1 aliphatic rings. The molecule has 0 radical (unpaired) electrons. The van der Waals surface area contributed by atoms with Gasteiger partial charge in [0.25, 0.3) is 0 Å². The van der Waals surface area contributed by atoms with Crippen LogP contribution < -0.4 is 5.32 Å². The SMILES string of the molecule is CC(=O)c1cccc(NC(=O)CN(C2CCCC2)S(C)(=O)=O)c1. The van der Waals surface area contributed by atoms with Crippen molar-refractivity contribution in [3.63, 3.8) is 0 Å². The molecule has 0 saturated heterocycles. The first-order chi connectivity index (χ1) is 10.8. The highest BCUT2D eigenvalue weighted by molar-refractivity contribution is 7.88. The van der Waals surface area contributed by atoms with Gasteiger partial charge in [-0.3, -0.25) is 9.59 Å². The summed E-state index contributed by atoms with van der Waals surface area (Å²) in [6, 6.07) is 6.50. The first-order valence-electron chi connectivity index (χ1n) is 7.65. The molecular formula is C16H22N2O4S. The summed E-state index contributed by atoms with van der Waals surface area (Å²) in [5, 5.41) is 2.67. The summed E-state index contributed by atoms with van der Waals surface area (Å²) in [6.07, 6.45) is 4.69. The Morgan fingerprint density at radius 3 is 2.48 bits per heavy atom. The normalized spacial score (nSPS) is 15.8. The minimum atomic E-state index is -3.44. The molecule has 126 valence electrons. The van der Waals surface area contributed by atoms with E-state index < -0.39 is 15.9 Å². The number of amides is 1. The molecule has 7 heteroatoms. The zero-order chi connectivity index (χ0) is 17.0. The number of benzene rings is 1. The van der Waals surface area contributed by atoms with Crippen LogP contribution in [0.25, 0.3) is 0 Å². The van der Waals surface area contributed by atoms with Gasteiger partial charge in [-0.2, -0.15) is 4.31 Å². The van der Waals surface area contributed by atoms with E-state index in [9.17, 15) is 18.0 Å². The maximum absolute atomic E-state index is 12.2. The molecular weight excluding hydrogens is 316 g/mol. The third-order valence-corrected chi connectivity index (χ3v) is 5.29. The number of anilines is 1. The number of Topliss-reactive ketones (excluding diaryl/α,β-unsaturated/α-hetero) is 1. The van der Waals surface area contributed by atoms with Gasteiger partial charge in [0.2, 0.25) is 15.9 Å². The third-order valence-electron chi connectivity index (χ3n) is 4.01. The number of ketones is 1. The van der Waals surface area contributed by atoms with Crippen molar-refractivity contribution in [2.24, 2.45) is 0 Å². The van der Waals surface area contributed by atoms with Crippen molar-refractivity contribution in [1.82, 2.24) is 4.31 Å². The zero-order valence-electron chi connectivity index (χ0n) is 13.4. The second kappa shape index (κ2) is 7.23. The molecule has 6 nitrogen and oxygen atoms in total. The minimum Gasteiger partial charge on any atom is -0.325 e. The maximum Gasteiger partial charge on any atom is 0.239 e. The summed E-state index contributed by atoms with van der Waals surface area (Å²) in [4.78, 5) is 23.6. The second-order valence-electron chi connectivity index (χ2n) is 5.93. The molecule has 1 aliphatic carbocycles. The van der Waals surface area contributed by atoms with Crippen molar-refractivity contribution >= 4 is 27.4 Å². The average Bonchev–Trinajstić information content (AvgIpc) is 2.97. The lowest BCUT2D eigenvalue weighted by Crippen LogP contribution is -2.43. The molecule has 2 rings (SSSR count). The Morgan fingerprint density at radius 1 is 1.26 bits per heavy atom. The van der Waals surface area contributed by atoms with E-state index in [1.165, 1.54) is 11.2 Å². The lowest BCUT2D eigenvalue weighted by molar-refractivity contribution is -0.116. The van der Waals surface area contributed by atoms with Gasteiger partial charge in [-0.05, 0) is 31.9 Å². The first-order valence-corrected chi connectivity index (χ1v) is 9.50. The van der Waals surface area contributed by atoms with E-state index in [0.717, 1.165) is 31.9 Å². The first kappa shape index (κ1) is 17.6. The summed E-state index contributed by atoms with van der Waals surface area (Å²) in [6.45, 7) is 1.25. The fraction of sp³-hybridized carbons (Fsp3) is 0.500. The Balaban J connectivity index is 2.07. The van der Waals surface area contributed by atoms with Gasteiger partial charge in [0, 0.05) is 17.3 Å². The molecule has 0 heterocycles. The summed E-state index contributed by atoms with van der Waals surface area (Å²) in [5.74, 6) is -0.493. The highest BCUT2D eigenvalue weighted by Gasteiger charge is 2.30. The van der Waals surface area contributed by atoms with Crippen LogP contribution in [0.5, 0.6) is 0 Å². The minimum absolute atomic E-state index is 0.0928. The molecule has 0 bridgehead atoms. The largest absolute Gasteiger partial charge is 0.325 e. The molecule has 23 heavy (non-hydrogen) atoms. The number of nitrogens with zero attached hydrogens (tertiary/aromatic N) is 1. The number of nitrogens with one attached hydrogen (secondary N) is 1. The molecule has 1 fully saturated rings. The topological polar surface area (TPSA) is 83.6 Å². The number of carbonyl (C=O) groups excluding carboxylic acids is 2. The monoisotopic (exact) mass is 338 g/mol. The van der Waals surface area contributed by atoms with Crippen LogP contribution in [-0.2, 0) is 14.8 Å². The van der Waals surface area contributed by atoms with Gasteiger partial charge in [-0.25, -0.2) is 8.42 Å². The summed E-state index contributed by atoms with van der Waals surface area (Å²) in [7, 11) is -3.44. The summed E-state index contributed by atoms with van der Waals surface area (Å²) < 4.78 is 25.2. The highest BCUT2D eigenvalue weighted by Crippen LogP contribution is 2.25. The second-order valence-corrected chi connectivity index (χ2v) is 7.87. The van der Waals surface area contributed by atoms with E-state index >= 15 is 0 Å². The molecule has 1 aromatic carbocycles. The summed E-state index contributed by atoms with van der Waals surface area (Å²) >= 11 is 0. The van der Waals surface area contributed by atoms with Crippen molar-refractivity contribution in [1.29, 1.82) is 0 Å². The van der Waals surface area contributed by atoms with Gasteiger partial charge in [0.15, 0.2) is 5.78 Å². The van der Waals surface area contributed by atoms with Crippen LogP contribution in [0.2, 0.25) is 0 Å². The van der Waals surface area contributed by atoms with E-state index in [4.69, 9.17) is 0 Å². The maximum atomic E-state index is 12.2. The van der Waals surface area contributed by atoms with Crippen molar-refractivity contribution < 1.29 is 18.0 Å². The van der Waals surface area contributed by atoms with Crippen LogP contribution in [-0.4, -0.2) is 43.3 Å². The van der Waals surface area contributed by atoms with Crippen molar-refractivity contribution in [3.05, 3.63) is 29.8 Å². The van der Waals surface area contributed by atoms with E-state index in [-0.39, 0.29) is 18.4 Å². The van der Waals surface area contributed by atoms with E-state index in [1.807, 2.05) is 0 Å². The Morgan fingerprint density at radius 2 is 1.91 bits per heavy atom. The highest BCUT2D eigenvalue weighted by atomic mass is 32.2. The van der Waals surface area contributed by atoms with Gasteiger partial charge in [-0.1, -0.05) is 25.0 Å². The van der Waals surface area contributed by atoms with Crippen LogP contribution in [0, 0.1) is 0 Å². The Hall–Kier alpha value is -1.73. The molecule has 1 N–H and O–H groups in total. The molecule has 1 amide bonds. The van der Waals surface area contributed by atoms with Gasteiger partial charge < -0.3 is 5.32 Å². The Kier molecular flexibility index (Phi) is 5.54. The van der Waals surface area contributed by atoms with Gasteiger partial charge in [0.05, 0.1) is 12.8 Å². The molecule has 0 unspecified atom stereocenters. The Labute approximate surface area is 136 Å². The number of carbonyl (C=O) groups is 2. The number of rotatable bonds is 6. The Bertz CT molecular complexity index is 694. The van der Waals surface area contributed by atoms with Crippen molar-refractivity contribution in [2.45, 2.75) is 38.6 Å². The number of sulfonamides is 1. The molecule has 0 atom stereocenters. The van der Waals surface area contributed by atoms with Crippen LogP contribution in [0.3, 0.4) is 0 Å². The van der Waals surface area contributed by atoms with E-state index in [1.54, 1.807) is 24.3 Å². The van der Waals surface area contributed by atoms with Gasteiger partial charge in [0.1, 0.15) is 0 Å². The predicted molar refractivity (Wildman–Crippen MR) is 88.9 cm³/mol. The lowest BCUT2D eigenvalue weighted by atomic mass is 10.1. The average molecular weight is 338 g/mol. The quantitative estimate of drug-likeness (QED) is 0.805. The lowest BCUT2D eigenvalue weighted by Gasteiger charge is -2.25. The fourth-order valence-corrected chi connectivity index (χ4v) is 3.97. The molecule has 0 aliphatic heterocycles. The van der Waals surface area contributed by atoms with Crippen molar-refractivity contribution in [2.75, 3.05) is 18.1 Å². The zero-order valence-corrected chi connectivity index (χ0v) is 14.2. The summed E-state index contributed by atoms with van der Waals surface area (Å²) in [5.41, 5.74) is 0.987. The third kappa shape index (κ3) is 4.87. The fourth-order valence-electron chi connectivity index (χ4n) is 2.87. The van der Waals surface area contributed by atoms with Crippen LogP contribution >= 0.6 is 0 Å². The number of hydrogen-bond donors (Lipinski definition) is 1. The van der Waals surface area contributed by atoms with E-state index in [2.05, 4.69) is 5.32 Å². The van der Waals surface area contributed by atoms with Crippen LogP contribution in [0.15, 0.2) is 24.3 Å². The predicted octanol–water partition coefficient (Wildman–Crippen LogP) is 2.03. The molecule has 1 saturated carbocycles. The standard InChI is InChI=1S/C16H22N2O4S/c1-12(19)13-6-5-7-14(10-13)17-16(20)11-18(23(2,21)22)15-8-3-4-9-15/h5-7,10,15H,3-4,8-9,11H2,1-2H3,(H,17,20). The van der Waals surface area contributed by atoms with Gasteiger partial charge >= 0.3 is 0 Å². The van der Waals surface area contributed by atoms with Crippen LogP contribution in [0.4, 0.5) is 5.69 Å². The molecule has 0 spiro atoms.